The molecule has 3 N–H and O–H groups in total. The minimum atomic E-state index is -0.689. The summed E-state index contributed by atoms with van der Waals surface area (Å²) in [6.07, 6.45) is 0. The number of carbonyl (C=O) groups is 2. The maximum atomic E-state index is 12.4. The zero-order valence-electron chi connectivity index (χ0n) is 13.5. The first-order valence-corrected chi connectivity index (χ1v) is 7.65. The Hall–Kier alpha value is -2.86. The van der Waals surface area contributed by atoms with E-state index < -0.39 is 6.04 Å². The lowest BCUT2D eigenvalue weighted by Gasteiger charge is -2.18. The number of hydrazine groups is 1. The fraction of sp³-hybridized carbons (Fsp3) is 0.222. The van der Waals surface area contributed by atoms with Crippen molar-refractivity contribution in [1.82, 2.24) is 16.2 Å². The second-order valence-electron chi connectivity index (χ2n) is 5.71. The topological polar surface area (TPSA) is 79.5 Å². The van der Waals surface area contributed by atoms with Gasteiger partial charge in [0.1, 0.15) is 11.8 Å². The van der Waals surface area contributed by atoms with Gasteiger partial charge in [0, 0.05) is 5.56 Å². The zero-order valence-corrected chi connectivity index (χ0v) is 13.5. The van der Waals surface area contributed by atoms with Gasteiger partial charge >= 0.3 is 0 Å². The van der Waals surface area contributed by atoms with Crippen molar-refractivity contribution in [3.63, 3.8) is 0 Å². The summed E-state index contributed by atoms with van der Waals surface area (Å²) < 4.78 is 5.14. The molecule has 0 bridgehead atoms. The lowest BCUT2D eigenvalue weighted by molar-refractivity contribution is -0.121. The predicted octanol–water partition coefficient (Wildman–Crippen LogP) is 1.48. The van der Waals surface area contributed by atoms with Crippen molar-refractivity contribution in [2.24, 2.45) is 0 Å². The van der Waals surface area contributed by atoms with Crippen LogP contribution in [-0.2, 0) is 4.79 Å². The van der Waals surface area contributed by atoms with E-state index in [1.54, 1.807) is 19.2 Å². The molecular formula is C18H19N3O3. The summed E-state index contributed by atoms with van der Waals surface area (Å²) >= 11 is 0. The number of aryl methyl sites for hydroxylation is 1. The number of hydrogen-bond donors (Lipinski definition) is 3. The van der Waals surface area contributed by atoms with Gasteiger partial charge in [-0.2, -0.15) is 0 Å². The molecule has 0 radical (unpaired) electrons. The Labute approximate surface area is 140 Å². The van der Waals surface area contributed by atoms with E-state index in [1.165, 1.54) is 0 Å². The second kappa shape index (κ2) is 6.72. The highest BCUT2D eigenvalue weighted by atomic mass is 16.5. The van der Waals surface area contributed by atoms with Gasteiger partial charge in [-0.1, -0.05) is 29.8 Å². The van der Waals surface area contributed by atoms with Crippen LogP contribution in [-0.4, -0.2) is 25.0 Å². The van der Waals surface area contributed by atoms with E-state index in [-0.39, 0.29) is 17.9 Å². The van der Waals surface area contributed by atoms with E-state index in [1.807, 2.05) is 43.3 Å². The Balaban J connectivity index is 1.79. The fourth-order valence-electron chi connectivity index (χ4n) is 2.71. The fourth-order valence-corrected chi connectivity index (χ4v) is 2.71. The largest absolute Gasteiger partial charge is 0.497 e. The monoisotopic (exact) mass is 325 g/mol. The van der Waals surface area contributed by atoms with Crippen LogP contribution in [0.1, 0.15) is 27.5 Å². The molecule has 1 aliphatic heterocycles. The first-order chi connectivity index (χ1) is 11.6. The van der Waals surface area contributed by atoms with Crippen LogP contribution in [0.4, 0.5) is 0 Å². The van der Waals surface area contributed by atoms with E-state index in [0.29, 0.717) is 5.56 Å². The summed E-state index contributed by atoms with van der Waals surface area (Å²) in [5.74, 6) is 0.189. The molecule has 1 fully saturated rings. The van der Waals surface area contributed by atoms with E-state index in [2.05, 4.69) is 16.2 Å². The minimum absolute atomic E-state index is 0.267. The smallest absolute Gasteiger partial charge is 0.258 e. The van der Waals surface area contributed by atoms with Gasteiger partial charge in [0.15, 0.2) is 0 Å². The first-order valence-electron chi connectivity index (χ1n) is 7.65. The van der Waals surface area contributed by atoms with Crippen LogP contribution >= 0.6 is 0 Å². The number of carbonyl (C=O) groups excluding carboxylic acids is 2. The van der Waals surface area contributed by atoms with Crippen molar-refractivity contribution in [2.75, 3.05) is 7.11 Å². The van der Waals surface area contributed by atoms with Gasteiger partial charge in [0.2, 0.25) is 0 Å². The lowest BCUT2D eigenvalue weighted by Crippen LogP contribution is -2.42. The molecule has 0 aliphatic carbocycles. The van der Waals surface area contributed by atoms with E-state index >= 15 is 0 Å². The van der Waals surface area contributed by atoms with Gasteiger partial charge < -0.3 is 10.1 Å². The lowest BCUT2D eigenvalue weighted by atomic mass is 10.00. The van der Waals surface area contributed by atoms with E-state index in [0.717, 1.165) is 16.9 Å². The predicted molar refractivity (Wildman–Crippen MR) is 89.4 cm³/mol. The number of ether oxygens (including phenoxy) is 1. The summed E-state index contributed by atoms with van der Waals surface area (Å²) in [7, 11) is 1.60. The van der Waals surface area contributed by atoms with Crippen molar-refractivity contribution in [3.8, 4) is 5.75 Å². The Kier molecular flexibility index (Phi) is 4.48. The Morgan fingerprint density at radius 3 is 2.58 bits per heavy atom. The number of rotatable bonds is 4. The molecule has 2 aromatic carbocycles. The average molecular weight is 325 g/mol. The number of nitrogens with one attached hydrogen (secondary N) is 3. The summed E-state index contributed by atoms with van der Waals surface area (Å²) in [5, 5.41) is 2.80. The van der Waals surface area contributed by atoms with Crippen LogP contribution in [0.25, 0.3) is 0 Å². The summed E-state index contributed by atoms with van der Waals surface area (Å²) in [4.78, 5) is 24.5. The SMILES string of the molecule is COc1ccc([C@@H]2NNC(=O)[C@@H]2NC(=O)c2cccc(C)c2)cc1. The van der Waals surface area contributed by atoms with Gasteiger partial charge in [-0.05, 0) is 36.8 Å². The number of benzene rings is 2. The van der Waals surface area contributed by atoms with Gasteiger partial charge in [-0.3, -0.25) is 15.0 Å². The van der Waals surface area contributed by atoms with Gasteiger partial charge in [0.25, 0.3) is 11.8 Å². The minimum Gasteiger partial charge on any atom is -0.497 e. The second-order valence-corrected chi connectivity index (χ2v) is 5.71. The molecule has 2 aromatic rings. The Bertz CT molecular complexity index is 758. The maximum Gasteiger partial charge on any atom is 0.258 e. The quantitative estimate of drug-likeness (QED) is 0.795. The molecule has 3 rings (SSSR count). The maximum absolute atomic E-state index is 12.4. The third-order valence-electron chi connectivity index (χ3n) is 4.01. The number of amides is 2. The highest BCUT2D eigenvalue weighted by Gasteiger charge is 2.36. The van der Waals surface area contributed by atoms with Gasteiger partial charge in [0.05, 0.1) is 13.2 Å². The molecule has 2 amide bonds. The van der Waals surface area contributed by atoms with Crippen molar-refractivity contribution < 1.29 is 14.3 Å². The van der Waals surface area contributed by atoms with Crippen LogP contribution in [0.5, 0.6) is 5.75 Å². The summed E-state index contributed by atoms with van der Waals surface area (Å²) in [6.45, 7) is 1.92. The third kappa shape index (κ3) is 3.23. The molecular weight excluding hydrogens is 306 g/mol. The van der Waals surface area contributed by atoms with Crippen molar-refractivity contribution in [1.29, 1.82) is 0 Å². The number of hydrogen-bond acceptors (Lipinski definition) is 4. The van der Waals surface area contributed by atoms with Crippen LogP contribution in [0.15, 0.2) is 48.5 Å². The summed E-state index contributed by atoms with van der Waals surface area (Å²) in [5.41, 5.74) is 7.90. The molecule has 2 atom stereocenters. The Morgan fingerprint density at radius 2 is 1.92 bits per heavy atom. The average Bonchev–Trinajstić information content (AvgIpc) is 2.96. The molecule has 1 aliphatic rings. The highest BCUT2D eigenvalue weighted by molar-refractivity contribution is 5.98. The molecule has 0 spiro atoms. The first kappa shape index (κ1) is 16.0. The van der Waals surface area contributed by atoms with Crippen LogP contribution in [0.3, 0.4) is 0 Å². The van der Waals surface area contributed by atoms with Crippen LogP contribution < -0.4 is 20.9 Å². The molecule has 1 saturated heterocycles. The molecule has 6 heteroatoms. The van der Waals surface area contributed by atoms with E-state index in [4.69, 9.17) is 4.74 Å². The van der Waals surface area contributed by atoms with Crippen molar-refractivity contribution >= 4 is 11.8 Å². The zero-order chi connectivity index (χ0) is 17.1. The van der Waals surface area contributed by atoms with Gasteiger partial charge in [-0.25, -0.2) is 5.43 Å². The molecule has 0 unspecified atom stereocenters. The third-order valence-corrected chi connectivity index (χ3v) is 4.01. The molecule has 124 valence electrons. The molecule has 6 nitrogen and oxygen atoms in total. The Morgan fingerprint density at radius 1 is 1.17 bits per heavy atom. The number of methoxy groups -OCH3 is 1. The van der Waals surface area contributed by atoms with E-state index in [9.17, 15) is 9.59 Å². The highest BCUT2D eigenvalue weighted by Crippen LogP contribution is 2.23. The van der Waals surface area contributed by atoms with Crippen LogP contribution in [0.2, 0.25) is 0 Å². The molecule has 0 aromatic heterocycles. The normalized spacial score (nSPS) is 19.7. The van der Waals surface area contributed by atoms with Crippen molar-refractivity contribution in [2.45, 2.75) is 19.0 Å². The van der Waals surface area contributed by atoms with Gasteiger partial charge in [-0.15, -0.1) is 0 Å². The van der Waals surface area contributed by atoms with Crippen molar-refractivity contribution in [3.05, 3.63) is 65.2 Å². The molecule has 24 heavy (non-hydrogen) atoms. The standard InChI is InChI=1S/C18H19N3O3/c1-11-4-3-5-13(10-11)17(22)19-16-15(20-21-18(16)23)12-6-8-14(24-2)9-7-12/h3-10,15-16,20H,1-2H3,(H,19,22)(H,21,23)/t15-,16+/m0/s1. The molecule has 1 heterocycles. The summed E-state index contributed by atoms with van der Waals surface area (Å²) in [6, 6.07) is 13.6. The van der Waals surface area contributed by atoms with Crippen LogP contribution in [0, 0.1) is 6.92 Å². The molecule has 0 saturated carbocycles.